The molecule has 0 fully saturated rings. The normalized spacial score (nSPS) is 11.5. The summed E-state index contributed by atoms with van der Waals surface area (Å²) in [6.07, 6.45) is 0.679. The fourth-order valence-electron chi connectivity index (χ4n) is 2.20. The molecule has 0 radical (unpaired) electrons. The van der Waals surface area contributed by atoms with Crippen LogP contribution in [0.15, 0.2) is 48.5 Å². The highest BCUT2D eigenvalue weighted by Gasteiger charge is 2.19. The van der Waals surface area contributed by atoms with Crippen LogP contribution in [0.25, 0.3) is 0 Å². The monoisotopic (exact) mass is 298 g/mol. The quantitative estimate of drug-likeness (QED) is 0.912. The summed E-state index contributed by atoms with van der Waals surface area (Å²) in [6.45, 7) is 1.96. The van der Waals surface area contributed by atoms with Crippen molar-refractivity contribution in [3.05, 3.63) is 64.7 Å². The maximum absolute atomic E-state index is 12.5. The highest BCUT2D eigenvalue weighted by atomic mass is 35.5. The number of carbonyl (C=O) groups is 1. The first-order valence-electron chi connectivity index (χ1n) is 6.71. The third kappa shape index (κ3) is 3.62. The predicted molar refractivity (Wildman–Crippen MR) is 84.3 cm³/mol. The second-order valence-electron chi connectivity index (χ2n) is 4.66. The number of halogens is 1. The van der Waals surface area contributed by atoms with Crippen molar-refractivity contribution in [2.45, 2.75) is 19.3 Å². The summed E-state index contributed by atoms with van der Waals surface area (Å²) in [5.41, 5.74) is 1.80. The predicted octanol–water partition coefficient (Wildman–Crippen LogP) is 4.34. The van der Waals surface area contributed by atoms with Crippen molar-refractivity contribution in [2.75, 3.05) is 5.32 Å². The zero-order valence-corrected chi connectivity index (χ0v) is 12.4. The van der Waals surface area contributed by atoms with Crippen molar-refractivity contribution in [1.29, 1.82) is 5.26 Å². The van der Waals surface area contributed by atoms with Crippen LogP contribution in [0.1, 0.15) is 30.4 Å². The number of anilines is 1. The topological polar surface area (TPSA) is 52.9 Å². The van der Waals surface area contributed by atoms with Gasteiger partial charge < -0.3 is 5.32 Å². The molecule has 1 atom stereocenters. The Labute approximate surface area is 129 Å². The maximum Gasteiger partial charge on any atom is 0.231 e. The van der Waals surface area contributed by atoms with Gasteiger partial charge in [0.2, 0.25) is 5.91 Å². The van der Waals surface area contributed by atoms with Gasteiger partial charge in [0.1, 0.15) is 6.07 Å². The highest BCUT2D eigenvalue weighted by Crippen LogP contribution is 2.25. The van der Waals surface area contributed by atoms with Crippen molar-refractivity contribution in [3.63, 3.8) is 0 Å². The van der Waals surface area contributed by atoms with E-state index in [1.165, 1.54) is 0 Å². The Hall–Kier alpha value is -2.31. The van der Waals surface area contributed by atoms with Gasteiger partial charge in [0.25, 0.3) is 0 Å². The molecule has 1 N–H and O–H groups in total. The summed E-state index contributed by atoms with van der Waals surface area (Å²) in [4.78, 5) is 12.5. The standard InChI is InChI=1S/C17H15ClN2O/c1-2-15(12-6-4-3-5-7-12)17(21)20-16-10-14(18)9-8-13(16)11-19/h3-10,15H,2H2,1H3,(H,20,21). The fraction of sp³-hybridized carbons (Fsp3) is 0.176. The summed E-state index contributed by atoms with van der Waals surface area (Å²) in [5.74, 6) is -0.390. The Morgan fingerprint density at radius 2 is 2.00 bits per heavy atom. The first-order valence-corrected chi connectivity index (χ1v) is 7.09. The molecule has 1 amide bonds. The van der Waals surface area contributed by atoms with Crippen LogP contribution in [0, 0.1) is 11.3 Å². The van der Waals surface area contributed by atoms with Gasteiger partial charge >= 0.3 is 0 Å². The van der Waals surface area contributed by atoms with Gasteiger partial charge in [-0.2, -0.15) is 5.26 Å². The van der Waals surface area contributed by atoms with Crippen molar-refractivity contribution in [2.24, 2.45) is 0 Å². The van der Waals surface area contributed by atoms with Crippen LogP contribution in [-0.4, -0.2) is 5.91 Å². The molecule has 106 valence electrons. The van der Waals surface area contributed by atoms with Gasteiger partial charge in [-0.05, 0) is 30.2 Å². The maximum atomic E-state index is 12.5. The van der Waals surface area contributed by atoms with Crippen LogP contribution >= 0.6 is 11.6 Å². The van der Waals surface area contributed by atoms with E-state index in [-0.39, 0.29) is 11.8 Å². The SMILES string of the molecule is CCC(C(=O)Nc1cc(Cl)ccc1C#N)c1ccccc1. The molecule has 0 aliphatic rings. The Bertz CT molecular complexity index is 677. The molecule has 21 heavy (non-hydrogen) atoms. The number of benzene rings is 2. The number of hydrogen-bond acceptors (Lipinski definition) is 2. The zero-order valence-electron chi connectivity index (χ0n) is 11.6. The lowest BCUT2D eigenvalue weighted by Gasteiger charge is -2.16. The molecule has 2 rings (SSSR count). The van der Waals surface area contributed by atoms with Gasteiger partial charge in [-0.3, -0.25) is 4.79 Å². The van der Waals surface area contributed by atoms with E-state index >= 15 is 0 Å². The van der Waals surface area contributed by atoms with Crippen LogP contribution in [-0.2, 0) is 4.79 Å². The van der Waals surface area contributed by atoms with E-state index in [9.17, 15) is 4.79 Å². The average Bonchev–Trinajstić information content (AvgIpc) is 2.49. The lowest BCUT2D eigenvalue weighted by atomic mass is 9.95. The molecule has 2 aromatic rings. The van der Waals surface area contributed by atoms with Gasteiger partial charge in [0.05, 0.1) is 17.2 Å². The van der Waals surface area contributed by atoms with E-state index in [1.807, 2.05) is 37.3 Å². The third-order valence-electron chi connectivity index (χ3n) is 3.29. The fourth-order valence-corrected chi connectivity index (χ4v) is 2.37. The van der Waals surface area contributed by atoms with Crippen LogP contribution in [0.5, 0.6) is 0 Å². The first-order chi connectivity index (χ1) is 10.2. The Balaban J connectivity index is 2.25. The second-order valence-corrected chi connectivity index (χ2v) is 5.10. The first kappa shape index (κ1) is 15.1. The molecule has 0 saturated carbocycles. The van der Waals surface area contributed by atoms with Gasteiger partial charge in [-0.25, -0.2) is 0 Å². The summed E-state index contributed by atoms with van der Waals surface area (Å²) in [6, 6.07) is 16.5. The number of hydrogen-bond donors (Lipinski definition) is 1. The molecule has 1 unspecified atom stereocenters. The minimum Gasteiger partial charge on any atom is -0.324 e. The number of nitriles is 1. The third-order valence-corrected chi connectivity index (χ3v) is 3.52. The van der Waals surface area contributed by atoms with E-state index < -0.39 is 0 Å². The zero-order chi connectivity index (χ0) is 15.2. The van der Waals surface area contributed by atoms with Crippen LogP contribution in [0.3, 0.4) is 0 Å². The summed E-state index contributed by atoms with van der Waals surface area (Å²) < 4.78 is 0. The van der Waals surface area contributed by atoms with Crippen LogP contribution < -0.4 is 5.32 Å². The lowest BCUT2D eigenvalue weighted by molar-refractivity contribution is -0.117. The number of amides is 1. The largest absolute Gasteiger partial charge is 0.324 e. The van der Waals surface area contributed by atoms with Gasteiger partial charge in [0.15, 0.2) is 0 Å². The smallest absolute Gasteiger partial charge is 0.231 e. The molecule has 0 heterocycles. The van der Waals surface area contributed by atoms with Crippen molar-refractivity contribution in [1.82, 2.24) is 0 Å². The lowest BCUT2D eigenvalue weighted by Crippen LogP contribution is -2.21. The molecule has 0 aromatic heterocycles. The molecule has 0 aliphatic carbocycles. The van der Waals surface area contributed by atoms with E-state index in [0.717, 1.165) is 5.56 Å². The second kappa shape index (κ2) is 6.92. The minimum atomic E-state index is -0.253. The Kier molecular flexibility index (Phi) is 4.97. The van der Waals surface area contributed by atoms with E-state index in [2.05, 4.69) is 11.4 Å². The van der Waals surface area contributed by atoms with Gasteiger partial charge in [0, 0.05) is 5.02 Å². The highest BCUT2D eigenvalue weighted by molar-refractivity contribution is 6.31. The minimum absolute atomic E-state index is 0.137. The molecule has 2 aromatic carbocycles. The molecule has 0 bridgehead atoms. The summed E-state index contributed by atoms with van der Waals surface area (Å²) in [5, 5.41) is 12.4. The van der Waals surface area contributed by atoms with Crippen molar-refractivity contribution < 1.29 is 4.79 Å². The number of carbonyl (C=O) groups excluding carboxylic acids is 1. The molecule has 0 saturated heterocycles. The molecular formula is C17H15ClN2O. The van der Waals surface area contributed by atoms with Gasteiger partial charge in [-0.1, -0.05) is 48.9 Å². The van der Waals surface area contributed by atoms with Gasteiger partial charge in [-0.15, -0.1) is 0 Å². The van der Waals surface area contributed by atoms with Crippen molar-refractivity contribution >= 4 is 23.2 Å². The number of nitrogens with zero attached hydrogens (tertiary/aromatic N) is 1. The Morgan fingerprint density at radius 3 is 2.62 bits per heavy atom. The van der Waals surface area contributed by atoms with Crippen LogP contribution in [0.4, 0.5) is 5.69 Å². The molecular weight excluding hydrogens is 284 g/mol. The van der Waals surface area contributed by atoms with E-state index in [0.29, 0.717) is 22.7 Å². The summed E-state index contributed by atoms with van der Waals surface area (Å²) >= 11 is 5.93. The van der Waals surface area contributed by atoms with Crippen molar-refractivity contribution in [3.8, 4) is 6.07 Å². The average molecular weight is 299 g/mol. The molecule has 0 aliphatic heterocycles. The molecule has 4 heteroatoms. The summed E-state index contributed by atoms with van der Waals surface area (Å²) in [7, 11) is 0. The van der Waals surface area contributed by atoms with E-state index in [4.69, 9.17) is 16.9 Å². The Morgan fingerprint density at radius 1 is 1.29 bits per heavy atom. The van der Waals surface area contributed by atoms with E-state index in [1.54, 1.807) is 18.2 Å². The number of rotatable bonds is 4. The number of nitrogens with one attached hydrogen (secondary N) is 1. The molecule has 3 nitrogen and oxygen atoms in total. The molecule has 0 spiro atoms. The van der Waals surface area contributed by atoms with Crippen LogP contribution in [0.2, 0.25) is 5.02 Å².